The molecule has 26 heavy (non-hydrogen) atoms. The minimum atomic E-state index is -2.89. The molecule has 2 aromatic carbocycles. The predicted molar refractivity (Wildman–Crippen MR) is 97.8 cm³/mol. The smallest absolute Gasteiger partial charge is 0.387 e. The average Bonchev–Trinajstić information content (AvgIpc) is 2.63. The molecule has 7 heteroatoms. The number of benzene rings is 2. The minimum absolute atomic E-state index is 0.0997. The van der Waals surface area contributed by atoms with Gasteiger partial charge in [-0.1, -0.05) is 24.3 Å². The molecule has 0 saturated carbocycles. The van der Waals surface area contributed by atoms with Crippen LogP contribution in [0.25, 0.3) is 0 Å². The van der Waals surface area contributed by atoms with E-state index in [9.17, 15) is 8.78 Å². The SMILES string of the molecule is CN=C(NCc1ccccc1C)NCc1cc(OC)ccc1OC(F)F. The van der Waals surface area contributed by atoms with Gasteiger partial charge < -0.3 is 20.1 Å². The van der Waals surface area contributed by atoms with E-state index in [4.69, 9.17) is 4.74 Å². The van der Waals surface area contributed by atoms with E-state index < -0.39 is 6.61 Å². The lowest BCUT2D eigenvalue weighted by atomic mass is 10.1. The highest BCUT2D eigenvalue weighted by Crippen LogP contribution is 2.25. The van der Waals surface area contributed by atoms with Gasteiger partial charge in [-0.25, -0.2) is 0 Å². The molecule has 140 valence electrons. The summed E-state index contributed by atoms with van der Waals surface area (Å²) in [5.41, 5.74) is 2.87. The predicted octanol–water partition coefficient (Wildman–Crippen LogP) is 3.47. The lowest BCUT2D eigenvalue weighted by Gasteiger charge is -2.16. The van der Waals surface area contributed by atoms with Crippen LogP contribution in [0.2, 0.25) is 0 Å². The van der Waals surface area contributed by atoms with Crippen molar-refractivity contribution in [1.29, 1.82) is 0 Å². The van der Waals surface area contributed by atoms with Gasteiger partial charge in [-0.15, -0.1) is 0 Å². The molecule has 0 spiro atoms. The standard InChI is InChI=1S/C19H23F2N3O2/c1-13-6-4-5-7-14(13)11-23-19(22-2)24-12-15-10-16(25-3)8-9-17(15)26-18(20)21/h4-10,18H,11-12H2,1-3H3,(H2,22,23,24). The maximum Gasteiger partial charge on any atom is 0.387 e. The second kappa shape index (κ2) is 9.60. The zero-order valence-electron chi connectivity index (χ0n) is 15.1. The molecule has 2 rings (SSSR count). The van der Waals surface area contributed by atoms with Crippen LogP contribution in [0, 0.1) is 6.92 Å². The molecule has 0 aromatic heterocycles. The zero-order valence-corrected chi connectivity index (χ0v) is 15.1. The van der Waals surface area contributed by atoms with Crippen molar-refractivity contribution in [2.45, 2.75) is 26.6 Å². The fourth-order valence-electron chi connectivity index (χ4n) is 2.42. The summed E-state index contributed by atoms with van der Waals surface area (Å²) < 4.78 is 34.9. The summed E-state index contributed by atoms with van der Waals surface area (Å²) >= 11 is 0. The number of aryl methyl sites for hydroxylation is 1. The van der Waals surface area contributed by atoms with E-state index in [1.807, 2.05) is 31.2 Å². The first-order chi connectivity index (χ1) is 12.5. The summed E-state index contributed by atoms with van der Waals surface area (Å²) in [5, 5.41) is 6.30. The molecular formula is C19H23F2N3O2. The van der Waals surface area contributed by atoms with E-state index in [0.29, 0.717) is 23.8 Å². The summed E-state index contributed by atoms with van der Waals surface area (Å²) in [4.78, 5) is 4.16. The largest absolute Gasteiger partial charge is 0.497 e. The molecule has 0 bridgehead atoms. The Balaban J connectivity index is 2.02. The number of nitrogens with one attached hydrogen (secondary N) is 2. The quantitative estimate of drug-likeness (QED) is 0.584. The molecule has 2 N–H and O–H groups in total. The van der Waals surface area contributed by atoms with Gasteiger partial charge in [0.15, 0.2) is 5.96 Å². The van der Waals surface area contributed by atoms with Crippen LogP contribution in [0.5, 0.6) is 11.5 Å². The van der Waals surface area contributed by atoms with Crippen molar-refractivity contribution in [1.82, 2.24) is 10.6 Å². The van der Waals surface area contributed by atoms with E-state index in [-0.39, 0.29) is 12.3 Å². The third kappa shape index (κ3) is 5.61. The molecule has 0 aliphatic carbocycles. The summed E-state index contributed by atoms with van der Waals surface area (Å²) in [7, 11) is 3.16. The van der Waals surface area contributed by atoms with Gasteiger partial charge in [-0.05, 0) is 36.2 Å². The number of nitrogens with zero attached hydrogens (tertiary/aromatic N) is 1. The Morgan fingerprint density at radius 3 is 2.38 bits per heavy atom. The number of alkyl halides is 2. The van der Waals surface area contributed by atoms with Gasteiger partial charge in [0.05, 0.1) is 7.11 Å². The second-order valence-corrected chi connectivity index (χ2v) is 5.56. The molecule has 0 saturated heterocycles. The molecule has 0 atom stereocenters. The molecule has 0 heterocycles. The molecule has 0 amide bonds. The maximum absolute atomic E-state index is 12.6. The summed E-state index contributed by atoms with van der Waals surface area (Å²) in [6.07, 6.45) is 0. The zero-order chi connectivity index (χ0) is 18.9. The molecule has 0 radical (unpaired) electrons. The van der Waals surface area contributed by atoms with Crippen LogP contribution in [-0.4, -0.2) is 26.7 Å². The van der Waals surface area contributed by atoms with Crippen molar-refractivity contribution in [3.05, 3.63) is 59.2 Å². The number of ether oxygens (including phenoxy) is 2. The van der Waals surface area contributed by atoms with Crippen LogP contribution >= 0.6 is 0 Å². The van der Waals surface area contributed by atoms with Crippen LogP contribution in [-0.2, 0) is 13.1 Å². The average molecular weight is 363 g/mol. The summed E-state index contributed by atoms with van der Waals surface area (Å²) in [5.74, 6) is 1.22. The first-order valence-electron chi connectivity index (χ1n) is 8.14. The van der Waals surface area contributed by atoms with Gasteiger partial charge >= 0.3 is 6.61 Å². The van der Waals surface area contributed by atoms with E-state index in [0.717, 1.165) is 5.56 Å². The summed E-state index contributed by atoms with van der Waals surface area (Å²) in [6.45, 7) is 0.00947. The number of hydrogen-bond acceptors (Lipinski definition) is 3. The van der Waals surface area contributed by atoms with Gasteiger partial charge in [0.1, 0.15) is 11.5 Å². The van der Waals surface area contributed by atoms with Crippen molar-refractivity contribution < 1.29 is 18.3 Å². The van der Waals surface area contributed by atoms with Crippen LogP contribution in [0.15, 0.2) is 47.5 Å². The minimum Gasteiger partial charge on any atom is -0.497 e. The number of guanidine groups is 1. The van der Waals surface area contributed by atoms with Gasteiger partial charge in [-0.2, -0.15) is 8.78 Å². The van der Waals surface area contributed by atoms with Crippen LogP contribution in [0.3, 0.4) is 0 Å². The highest BCUT2D eigenvalue weighted by atomic mass is 19.3. The maximum atomic E-state index is 12.6. The first kappa shape index (κ1) is 19.5. The highest BCUT2D eigenvalue weighted by molar-refractivity contribution is 5.79. The molecule has 0 unspecified atom stereocenters. The van der Waals surface area contributed by atoms with E-state index in [1.165, 1.54) is 18.7 Å². The molecule has 2 aromatic rings. The van der Waals surface area contributed by atoms with Crippen molar-refractivity contribution in [2.24, 2.45) is 4.99 Å². The Labute approximate surface area is 152 Å². The third-order valence-corrected chi connectivity index (χ3v) is 3.86. The van der Waals surface area contributed by atoms with Crippen LogP contribution in [0.1, 0.15) is 16.7 Å². The Bertz CT molecular complexity index is 751. The monoisotopic (exact) mass is 363 g/mol. The van der Waals surface area contributed by atoms with Gasteiger partial charge in [0.2, 0.25) is 0 Å². The van der Waals surface area contributed by atoms with Crippen molar-refractivity contribution in [2.75, 3.05) is 14.2 Å². The molecule has 0 fully saturated rings. The van der Waals surface area contributed by atoms with Crippen molar-refractivity contribution in [3.8, 4) is 11.5 Å². The number of rotatable bonds is 7. The number of methoxy groups -OCH3 is 1. The van der Waals surface area contributed by atoms with Crippen LogP contribution in [0.4, 0.5) is 8.78 Å². The van der Waals surface area contributed by atoms with E-state index in [1.54, 1.807) is 19.2 Å². The third-order valence-electron chi connectivity index (χ3n) is 3.86. The van der Waals surface area contributed by atoms with Gasteiger partial charge in [0, 0.05) is 25.7 Å². The number of hydrogen-bond donors (Lipinski definition) is 2. The highest BCUT2D eigenvalue weighted by Gasteiger charge is 2.11. The first-order valence-corrected chi connectivity index (χ1v) is 8.14. The van der Waals surface area contributed by atoms with Crippen molar-refractivity contribution in [3.63, 3.8) is 0 Å². The Hall–Kier alpha value is -2.83. The van der Waals surface area contributed by atoms with E-state index in [2.05, 4.69) is 20.4 Å². The molecule has 0 aliphatic rings. The van der Waals surface area contributed by atoms with Crippen LogP contribution < -0.4 is 20.1 Å². The fraction of sp³-hybridized carbons (Fsp3) is 0.316. The lowest BCUT2D eigenvalue weighted by Crippen LogP contribution is -2.36. The molecular weight excluding hydrogens is 340 g/mol. The topological polar surface area (TPSA) is 54.9 Å². The summed E-state index contributed by atoms with van der Waals surface area (Å²) in [6, 6.07) is 12.7. The molecule has 0 aliphatic heterocycles. The molecule has 5 nitrogen and oxygen atoms in total. The van der Waals surface area contributed by atoms with Gasteiger partial charge in [0.25, 0.3) is 0 Å². The van der Waals surface area contributed by atoms with Crippen molar-refractivity contribution >= 4 is 5.96 Å². The Morgan fingerprint density at radius 2 is 1.77 bits per heavy atom. The Kier molecular flexibility index (Phi) is 7.20. The van der Waals surface area contributed by atoms with E-state index >= 15 is 0 Å². The lowest BCUT2D eigenvalue weighted by molar-refractivity contribution is -0.0504. The second-order valence-electron chi connectivity index (χ2n) is 5.56. The number of aliphatic imine (C=N–C) groups is 1. The van der Waals surface area contributed by atoms with Gasteiger partial charge in [-0.3, -0.25) is 4.99 Å². The fourth-order valence-corrected chi connectivity index (χ4v) is 2.42. The number of halogens is 2. The Morgan fingerprint density at radius 1 is 1.08 bits per heavy atom. The normalized spacial score (nSPS) is 11.4.